The number of hydrogen-bond acceptors (Lipinski definition) is 3. The Morgan fingerprint density at radius 1 is 1.06 bits per heavy atom. The van der Waals surface area contributed by atoms with Gasteiger partial charge in [0.25, 0.3) is 0 Å². The molecule has 6 nitrogen and oxygen atoms in total. The fraction of sp³-hybridized carbons (Fsp3) is 0.250. The summed E-state index contributed by atoms with van der Waals surface area (Å²) in [7, 11) is 0. The molecule has 0 atom stereocenters. The number of benzene rings is 1. The number of aryl methyl sites for hydroxylation is 1. The highest BCUT2D eigenvalue weighted by Crippen LogP contribution is 2.20. The van der Waals surface area contributed by atoms with Crippen molar-refractivity contribution in [2.24, 2.45) is 0 Å². The topological polar surface area (TPSA) is 104 Å². The molecule has 0 aromatic heterocycles. The van der Waals surface area contributed by atoms with Crippen LogP contribution in [0.1, 0.15) is 18.4 Å². The second-order valence-electron chi connectivity index (χ2n) is 3.67. The molecule has 0 aliphatic carbocycles. The predicted octanol–water partition coefficient (Wildman–Crippen LogP) is 1.12. The number of rotatable bonds is 0. The van der Waals surface area contributed by atoms with Gasteiger partial charge in [0.2, 0.25) is 5.91 Å². The molecule has 18 heavy (non-hydrogen) atoms. The van der Waals surface area contributed by atoms with Crippen molar-refractivity contribution in [3.8, 4) is 0 Å². The summed E-state index contributed by atoms with van der Waals surface area (Å²) in [6.45, 7) is 0. The third kappa shape index (κ3) is 4.25. The fourth-order valence-corrected chi connectivity index (χ4v) is 1.51. The fourth-order valence-electron chi connectivity index (χ4n) is 1.51. The van der Waals surface area contributed by atoms with E-state index in [2.05, 4.69) is 11.4 Å². The molecule has 3 N–H and O–H groups in total. The first-order valence-electron chi connectivity index (χ1n) is 5.34. The smallest absolute Gasteiger partial charge is 0.414 e. The van der Waals surface area contributed by atoms with Crippen LogP contribution in [0.3, 0.4) is 0 Å². The third-order valence-corrected chi connectivity index (χ3v) is 2.32. The van der Waals surface area contributed by atoms with E-state index in [0.717, 1.165) is 18.5 Å². The number of aliphatic carboxylic acids is 2. The lowest BCUT2D eigenvalue weighted by atomic mass is 10.1. The maximum absolute atomic E-state index is 11.1. The summed E-state index contributed by atoms with van der Waals surface area (Å²) < 4.78 is 0. The highest BCUT2D eigenvalue weighted by Gasteiger charge is 2.10. The van der Waals surface area contributed by atoms with Crippen molar-refractivity contribution in [2.45, 2.75) is 19.3 Å². The SMILES string of the molecule is O=C(O)C(=O)O.O=C1CCCc2ccccc2N1. The van der Waals surface area contributed by atoms with E-state index in [-0.39, 0.29) is 5.91 Å². The first-order chi connectivity index (χ1) is 8.50. The van der Waals surface area contributed by atoms with Crippen LogP contribution in [0.4, 0.5) is 5.69 Å². The molecular weight excluding hydrogens is 238 g/mol. The average Bonchev–Trinajstić information content (AvgIpc) is 2.50. The first kappa shape index (κ1) is 13.7. The summed E-state index contributed by atoms with van der Waals surface area (Å²) in [5.41, 5.74) is 2.24. The van der Waals surface area contributed by atoms with Crippen molar-refractivity contribution in [1.82, 2.24) is 0 Å². The van der Waals surface area contributed by atoms with E-state index in [9.17, 15) is 4.79 Å². The summed E-state index contributed by atoms with van der Waals surface area (Å²) in [4.78, 5) is 29.3. The molecule has 0 radical (unpaired) electrons. The van der Waals surface area contributed by atoms with Gasteiger partial charge < -0.3 is 15.5 Å². The van der Waals surface area contributed by atoms with Crippen molar-refractivity contribution in [1.29, 1.82) is 0 Å². The Balaban J connectivity index is 0.000000232. The monoisotopic (exact) mass is 251 g/mol. The summed E-state index contributed by atoms with van der Waals surface area (Å²) in [6, 6.07) is 7.99. The zero-order valence-electron chi connectivity index (χ0n) is 9.55. The van der Waals surface area contributed by atoms with Crippen molar-refractivity contribution in [2.75, 3.05) is 5.32 Å². The van der Waals surface area contributed by atoms with Gasteiger partial charge in [-0.2, -0.15) is 0 Å². The molecule has 0 fully saturated rings. The van der Waals surface area contributed by atoms with Crippen LogP contribution in [0.25, 0.3) is 0 Å². The summed E-state index contributed by atoms with van der Waals surface area (Å²) in [6.07, 6.45) is 2.62. The van der Waals surface area contributed by atoms with Crippen LogP contribution in [0.2, 0.25) is 0 Å². The molecule has 0 spiro atoms. The number of carbonyl (C=O) groups is 3. The minimum Gasteiger partial charge on any atom is -0.473 e. The Hall–Kier alpha value is -2.37. The third-order valence-electron chi connectivity index (χ3n) is 2.32. The molecule has 1 amide bonds. The van der Waals surface area contributed by atoms with Gasteiger partial charge in [-0.1, -0.05) is 18.2 Å². The van der Waals surface area contributed by atoms with E-state index < -0.39 is 11.9 Å². The zero-order chi connectivity index (χ0) is 13.5. The van der Waals surface area contributed by atoms with E-state index in [1.54, 1.807) is 0 Å². The molecule has 0 unspecified atom stereocenters. The summed E-state index contributed by atoms with van der Waals surface area (Å²) in [5.74, 6) is -3.51. The van der Waals surface area contributed by atoms with E-state index in [4.69, 9.17) is 19.8 Å². The van der Waals surface area contributed by atoms with Gasteiger partial charge >= 0.3 is 11.9 Å². The number of amides is 1. The van der Waals surface area contributed by atoms with E-state index in [1.165, 1.54) is 5.56 Å². The molecule has 96 valence electrons. The predicted molar refractivity (Wildman–Crippen MR) is 63.3 cm³/mol. The molecular formula is C12H13NO5. The van der Waals surface area contributed by atoms with Crippen molar-refractivity contribution in [3.05, 3.63) is 29.8 Å². The van der Waals surface area contributed by atoms with Gasteiger partial charge in [-0.25, -0.2) is 9.59 Å². The quantitative estimate of drug-likeness (QED) is 0.599. The normalized spacial score (nSPS) is 13.2. The van der Waals surface area contributed by atoms with Crippen LogP contribution in [-0.4, -0.2) is 28.1 Å². The molecule has 1 aromatic carbocycles. The number of nitrogens with one attached hydrogen (secondary N) is 1. The molecule has 6 heteroatoms. The Morgan fingerprint density at radius 2 is 1.67 bits per heavy atom. The van der Waals surface area contributed by atoms with Gasteiger partial charge in [0.15, 0.2) is 0 Å². The van der Waals surface area contributed by atoms with Gasteiger partial charge in [0.1, 0.15) is 0 Å². The minimum atomic E-state index is -1.82. The molecule has 0 saturated carbocycles. The molecule has 0 saturated heterocycles. The molecule has 2 rings (SSSR count). The highest BCUT2D eigenvalue weighted by atomic mass is 16.4. The van der Waals surface area contributed by atoms with Gasteiger partial charge in [0, 0.05) is 12.1 Å². The Kier molecular flexibility index (Phi) is 4.86. The van der Waals surface area contributed by atoms with Gasteiger partial charge in [-0.15, -0.1) is 0 Å². The highest BCUT2D eigenvalue weighted by molar-refractivity contribution is 6.27. The number of fused-ring (bicyclic) bond motifs is 1. The number of para-hydroxylation sites is 1. The first-order valence-corrected chi connectivity index (χ1v) is 5.34. The van der Waals surface area contributed by atoms with Crippen LogP contribution < -0.4 is 5.32 Å². The van der Waals surface area contributed by atoms with Crippen molar-refractivity contribution in [3.63, 3.8) is 0 Å². The van der Waals surface area contributed by atoms with E-state index in [1.807, 2.05) is 18.2 Å². The molecule has 1 aromatic rings. The lowest BCUT2D eigenvalue weighted by Crippen LogP contribution is -2.09. The molecule has 1 aliphatic heterocycles. The largest absolute Gasteiger partial charge is 0.473 e. The second-order valence-corrected chi connectivity index (χ2v) is 3.67. The Bertz CT molecular complexity index is 457. The molecule has 1 aliphatic rings. The number of carboxylic acids is 2. The van der Waals surface area contributed by atoms with Gasteiger partial charge in [-0.3, -0.25) is 4.79 Å². The van der Waals surface area contributed by atoms with Crippen molar-refractivity contribution >= 4 is 23.5 Å². The lowest BCUT2D eigenvalue weighted by molar-refractivity contribution is -0.159. The van der Waals surface area contributed by atoms with Crippen LogP contribution >= 0.6 is 0 Å². The second kappa shape index (κ2) is 6.39. The van der Waals surface area contributed by atoms with Crippen LogP contribution in [0, 0.1) is 0 Å². The maximum atomic E-state index is 11.1. The van der Waals surface area contributed by atoms with Crippen molar-refractivity contribution < 1.29 is 24.6 Å². The zero-order valence-corrected chi connectivity index (χ0v) is 9.55. The van der Waals surface area contributed by atoms with Crippen LogP contribution in [0.5, 0.6) is 0 Å². The standard InChI is InChI=1S/C10H11NO.C2H2O4/c12-10-7-3-5-8-4-1-2-6-9(8)11-10;3-1(4)2(5)6/h1-2,4,6H,3,5,7H2,(H,11,12);(H,3,4)(H,5,6). The molecule has 0 bridgehead atoms. The van der Waals surface area contributed by atoms with E-state index >= 15 is 0 Å². The van der Waals surface area contributed by atoms with Crippen LogP contribution in [0.15, 0.2) is 24.3 Å². The number of anilines is 1. The average molecular weight is 251 g/mol. The Labute approximate surface area is 103 Å². The summed E-state index contributed by atoms with van der Waals surface area (Å²) in [5, 5.41) is 17.7. The number of carbonyl (C=O) groups excluding carboxylic acids is 1. The van der Waals surface area contributed by atoms with Gasteiger partial charge in [0.05, 0.1) is 0 Å². The number of carboxylic acid groups (broad SMARTS) is 2. The Morgan fingerprint density at radius 3 is 2.28 bits per heavy atom. The minimum absolute atomic E-state index is 0.139. The molecule has 1 heterocycles. The number of hydrogen-bond donors (Lipinski definition) is 3. The van der Waals surface area contributed by atoms with E-state index in [0.29, 0.717) is 6.42 Å². The lowest BCUT2D eigenvalue weighted by Gasteiger charge is -2.04. The summed E-state index contributed by atoms with van der Waals surface area (Å²) >= 11 is 0. The maximum Gasteiger partial charge on any atom is 0.414 e. The van der Waals surface area contributed by atoms with Gasteiger partial charge in [-0.05, 0) is 24.5 Å². The van der Waals surface area contributed by atoms with Crippen LogP contribution in [-0.2, 0) is 20.8 Å².